The van der Waals surface area contributed by atoms with Crippen LogP contribution in [-0.2, 0) is 21.2 Å². The molecule has 1 atom stereocenters. The van der Waals surface area contributed by atoms with E-state index >= 15 is 0 Å². The first kappa shape index (κ1) is 20.0. The highest BCUT2D eigenvalue weighted by Gasteiger charge is 2.31. The molecule has 0 bridgehead atoms. The second kappa shape index (κ2) is 8.95. The standard InChI is InChI=1S/C19H25N3O3S2/c1-2-27(24,25)22-11-8-15(9-12-22)19(23)21-18(14-16-6-5-13-26-16)17-7-3-4-10-20-17/h3-7,10,13,15,18H,2,8-9,11-12,14H2,1H3,(H,21,23). The number of nitrogens with zero attached hydrogens (tertiary/aromatic N) is 2. The number of hydrogen-bond donors (Lipinski definition) is 1. The quantitative estimate of drug-likeness (QED) is 0.765. The summed E-state index contributed by atoms with van der Waals surface area (Å²) >= 11 is 1.66. The fourth-order valence-electron chi connectivity index (χ4n) is 3.31. The summed E-state index contributed by atoms with van der Waals surface area (Å²) in [5.41, 5.74) is 0.838. The first-order valence-electron chi connectivity index (χ1n) is 9.21. The summed E-state index contributed by atoms with van der Waals surface area (Å²) in [4.78, 5) is 18.4. The van der Waals surface area contributed by atoms with E-state index in [1.807, 2.05) is 29.6 Å². The first-order valence-corrected chi connectivity index (χ1v) is 11.7. The molecule has 1 fully saturated rings. The van der Waals surface area contributed by atoms with Gasteiger partial charge in [0.1, 0.15) is 0 Å². The maximum Gasteiger partial charge on any atom is 0.223 e. The molecule has 0 aliphatic carbocycles. The largest absolute Gasteiger partial charge is 0.347 e. The van der Waals surface area contributed by atoms with Gasteiger partial charge in [0.25, 0.3) is 0 Å². The molecular formula is C19H25N3O3S2. The molecule has 2 aromatic heterocycles. The molecule has 1 amide bonds. The lowest BCUT2D eigenvalue weighted by Crippen LogP contribution is -2.44. The SMILES string of the molecule is CCS(=O)(=O)N1CCC(C(=O)NC(Cc2cccs2)c2ccccn2)CC1. The smallest absolute Gasteiger partial charge is 0.223 e. The number of piperidine rings is 1. The van der Waals surface area contributed by atoms with E-state index in [2.05, 4.69) is 16.4 Å². The zero-order valence-corrected chi connectivity index (χ0v) is 17.0. The van der Waals surface area contributed by atoms with E-state index in [-0.39, 0.29) is 23.6 Å². The molecule has 0 saturated carbocycles. The van der Waals surface area contributed by atoms with Crippen molar-refractivity contribution >= 4 is 27.3 Å². The van der Waals surface area contributed by atoms with Gasteiger partial charge in [-0.25, -0.2) is 12.7 Å². The number of rotatable bonds is 7. The van der Waals surface area contributed by atoms with Crippen LogP contribution in [0.1, 0.15) is 36.4 Å². The van der Waals surface area contributed by atoms with E-state index < -0.39 is 10.0 Å². The number of hydrogen-bond acceptors (Lipinski definition) is 5. The Morgan fingerprint density at radius 3 is 2.67 bits per heavy atom. The topological polar surface area (TPSA) is 79.4 Å². The van der Waals surface area contributed by atoms with Gasteiger partial charge in [0, 0.05) is 36.5 Å². The maximum absolute atomic E-state index is 12.8. The minimum absolute atomic E-state index is 0.0178. The van der Waals surface area contributed by atoms with Crippen LogP contribution in [0.3, 0.4) is 0 Å². The van der Waals surface area contributed by atoms with E-state index in [0.29, 0.717) is 32.4 Å². The van der Waals surface area contributed by atoms with Crippen molar-refractivity contribution in [1.82, 2.24) is 14.6 Å². The van der Waals surface area contributed by atoms with Crippen molar-refractivity contribution in [2.75, 3.05) is 18.8 Å². The predicted octanol–water partition coefficient (Wildman–Crippen LogP) is 2.60. The molecule has 3 heterocycles. The minimum Gasteiger partial charge on any atom is -0.347 e. The van der Waals surface area contributed by atoms with Gasteiger partial charge < -0.3 is 5.32 Å². The van der Waals surface area contributed by atoms with Crippen molar-refractivity contribution in [1.29, 1.82) is 0 Å². The Morgan fingerprint density at radius 1 is 1.30 bits per heavy atom. The van der Waals surface area contributed by atoms with Gasteiger partial charge >= 0.3 is 0 Å². The summed E-state index contributed by atoms with van der Waals surface area (Å²) in [7, 11) is -3.18. The van der Waals surface area contributed by atoms with Gasteiger partial charge in [0.05, 0.1) is 17.5 Å². The molecule has 0 aromatic carbocycles. The lowest BCUT2D eigenvalue weighted by Gasteiger charge is -2.31. The molecule has 8 heteroatoms. The minimum atomic E-state index is -3.18. The number of sulfonamides is 1. The monoisotopic (exact) mass is 407 g/mol. The molecular weight excluding hydrogens is 382 g/mol. The Balaban J connectivity index is 1.65. The molecule has 0 radical (unpaired) electrons. The van der Waals surface area contributed by atoms with E-state index in [1.54, 1.807) is 24.5 Å². The van der Waals surface area contributed by atoms with Crippen LogP contribution in [0.25, 0.3) is 0 Å². The lowest BCUT2D eigenvalue weighted by atomic mass is 9.96. The molecule has 0 spiro atoms. The predicted molar refractivity (Wildman–Crippen MR) is 107 cm³/mol. The second-order valence-electron chi connectivity index (χ2n) is 6.67. The average Bonchev–Trinajstić information content (AvgIpc) is 3.21. The Labute approximate surface area is 164 Å². The average molecular weight is 408 g/mol. The molecule has 1 aliphatic rings. The van der Waals surface area contributed by atoms with Crippen LogP contribution in [0.2, 0.25) is 0 Å². The zero-order chi connectivity index (χ0) is 19.3. The third-order valence-electron chi connectivity index (χ3n) is 4.93. The summed E-state index contributed by atoms with van der Waals surface area (Å²) in [6, 6.07) is 9.58. The van der Waals surface area contributed by atoms with Crippen molar-refractivity contribution in [3.63, 3.8) is 0 Å². The van der Waals surface area contributed by atoms with Crippen LogP contribution in [-0.4, -0.2) is 42.5 Å². The second-order valence-corrected chi connectivity index (χ2v) is 9.96. The molecule has 1 aliphatic heterocycles. The molecule has 6 nitrogen and oxygen atoms in total. The van der Waals surface area contributed by atoms with Crippen LogP contribution in [0, 0.1) is 5.92 Å². The molecule has 1 N–H and O–H groups in total. The van der Waals surface area contributed by atoms with Crippen LogP contribution >= 0.6 is 11.3 Å². The highest BCUT2D eigenvalue weighted by molar-refractivity contribution is 7.89. The molecule has 146 valence electrons. The fourth-order valence-corrected chi connectivity index (χ4v) is 5.19. The Morgan fingerprint density at radius 2 is 2.07 bits per heavy atom. The van der Waals surface area contributed by atoms with Crippen molar-refractivity contribution in [2.45, 2.75) is 32.2 Å². The number of pyridine rings is 1. The summed E-state index contributed by atoms with van der Waals surface area (Å²) in [6.45, 7) is 2.47. The van der Waals surface area contributed by atoms with Crippen molar-refractivity contribution < 1.29 is 13.2 Å². The van der Waals surface area contributed by atoms with Gasteiger partial charge in [-0.05, 0) is 43.3 Å². The molecule has 27 heavy (non-hydrogen) atoms. The molecule has 2 aromatic rings. The summed E-state index contributed by atoms with van der Waals surface area (Å²) in [5.74, 6) is -0.0782. The number of carbonyl (C=O) groups excluding carboxylic acids is 1. The number of amides is 1. The van der Waals surface area contributed by atoms with Crippen molar-refractivity contribution in [3.05, 3.63) is 52.5 Å². The summed E-state index contributed by atoms with van der Waals surface area (Å²) in [5, 5.41) is 5.17. The van der Waals surface area contributed by atoms with Crippen LogP contribution in [0.5, 0.6) is 0 Å². The number of thiophene rings is 1. The number of aromatic nitrogens is 1. The van der Waals surface area contributed by atoms with Gasteiger partial charge in [-0.2, -0.15) is 0 Å². The third kappa shape index (κ3) is 5.15. The summed E-state index contributed by atoms with van der Waals surface area (Å²) < 4.78 is 25.5. The van der Waals surface area contributed by atoms with E-state index in [9.17, 15) is 13.2 Å². The Bertz CT molecular complexity index is 830. The fraction of sp³-hybridized carbons (Fsp3) is 0.474. The maximum atomic E-state index is 12.8. The highest BCUT2D eigenvalue weighted by atomic mass is 32.2. The van der Waals surface area contributed by atoms with E-state index in [4.69, 9.17) is 0 Å². The normalized spacial score (nSPS) is 17.5. The Hall–Kier alpha value is -1.77. The third-order valence-corrected chi connectivity index (χ3v) is 7.71. The van der Waals surface area contributed by atoms with Gasteiger partial charge in [0.15, 0.2) is 0 Å². The number of nitrogens with one attached hydrogen (secondary N) is 1. The van der Waals surface area contributed by atoms with Gasteiger partial charge in [-0.15, -0.1) is 11.3 Å². The molecule has 1 unspecified atom stereocenters. The van der Waals surface area contributed by atoms with Gasteiger partial charge in [0.2, 0.25) is 15.9 Å². The van der Waals surface area contributed by atoms with E-state index in [0.717, 1.165) is 5.69 Å². The van der Waals surface area contributed by atoms with Crippen LogP contribution < -0.4 is 5.32 Å². The highest BCUT2D eigenvalue weighted by Crippen LogP contribution is 2.24. The van der Waals surface area contributed by atoms with Crippen LogP contribution in [0.15, 0.2) is 41.9 Å². The lowest BCUT2D eigenvalue weighted by molar-refractivity contribution is -0.126. The van der Waals surface area contributed by atoms with Crippen molar-refractivity contribution in [3.8, 4) is 0 Å². The van der Waals surface area contributed by atoms with E-state index in [1.165, 1.54) is 9.18 Å². The zero-order valence-electron chi connectivity index (χ0n) is 15.4. The Kier molecular flexibility index (Phi) is 6.62. The first-order chi connectivity index (χ1) is 13.0. The molecule has 1 saturated heterocycles. The molecule has 3 rings (SSSR count). The van der Waals surface area contributed by atoms with Crippen LogP contribution in [0.4, 0.5) is 0 Å². The van der Waals surface area contributed by atoms with Gasteiger partial charge in [-0.1, -0.05) is 12.1 Å². The summed E-state index contributed by atoms with van der Waals surface area (Å²) in [6.07, 6.45) is 3.54. The van der Waals surface area contributed by atoms with Crippen molar-refractivity contribution in [2.24, 2.45) is 5.92 Å². The van der Waals surface area contributed by atoms with Gasteiger partial charge in [-0.3, -0.25) is 9.78 Å². The number of carbonyl (C=O) groups is 1.